The second-order valence-corrected chi connectivity index (χ2v) is 9.37. The average molecular weight is 420 g/mol. The Bertz CT molecular complexity index is 701. The van der Waals surface area contributed by atoms with Crippen LogP contribution in [-0.4, -0.2) is 55.4 Å². The van der Waals surface area contributed by atoms with E-state index in [-0.39, 0.29) is 6.10 Å². The fourth-order valence-corrected chi connectivity index (χ4v) is 5.23. The highest BCUT2D eigenvalue weighted by Gasteiger charge is 2.43. The van der Waals surface area contributed by atoms with Crippen molar-refractivity contribution in [3.8, 4) is 5.75 Å². The van der Waals surface area contributed by atoms with Gasteiger partial charge in [-0.3, -0.25) is 0 Å². The number of nitrogens with two attached hydrogens (primary N) is 2. The third-order valence-corrected chi connectivity index (χ3v) is 7.24. The molecule has 0 aromatic heterocycles. The van der Waals surface area contributed by atoms with E-state index >= 15 is 0 Å². The van der Waals surface area contributed by atoms with Gasteiger partial charge in [0.1, 0.15) is 5.75 Å². The lowest BCUT2D eigenvalue weighted by Gasteiger charge is -2.31. The minimum Gasteiger partial charge on any atom is -0.494 e. The quantitative estimate of drug-likeness (QED) is 0.242. The van der Waals surface area contributed by atoms with Crippen LogP contribution in [0.2, 0.25) is 0 Å². The van der Waals surface area contributed by atoms with Crippen LogP contribution in [0.3, 0.4) is 0 Å². The normalized spacial score (nSPS) is 12.7. The summed E-state index contributed by atoms with van der Waals surface area (Å²) in [5.41, 5.74) is 12.1. The van der Waals surface area contributed by atoms with Crippen molar-refractivity contribution in [3.05, 3.63) is 54.6 Å². The molecule has 5 N–H and O–H groups in total. The van der Waals surface area contributed by atoms with Crippen LogP contribution in [0.4, 0.5) is 5.69 Å². The van der Waals surface area contributed by atoms with Gasteiger partial charge < -0.3 is 34.8 Å². The van der Waals surface area contributed by atoms with Gasteiger partial charge in [0, 0.05) is 50.8 Å². The topological polar surface area (TPSA) is 101 Å². The van der Waals surface area contributed by atoms with Crippen molar-refractivity contribution in [1.29, 1.82) is 0 Å². The Balaban J connectivity index is 1.98. The van der Waals surface area contributed by atoms with Crippen molar-refractivity contribution in [2.75, 3.05) is 46.2 Å². The molecular formula is C21H33N3O4Si. The van der Waals surface area contributed by atoms with Crippen molar-refractivity contribution in [3.63, 3.8) is 0 Å². The number of nitrogens with one attached hydrogen (secondary N) is 1. The summed E-state index contributed by atoms with van der Waals surface area (Å²) in [6, 6.07) is 17.3. The summed E-state index contributed by atoms with van der Waals surface area (Å²) in [5, 5.41) is 4.26. The molecule has 0 radical (unpaired) electrons. The summed E-state index contributed by atoms with van der Waals surface area (Å²) >= 11 is 0. The zero-order valence-corrected chi connectivity index (χ0v) is 18.3. The second-order valence-electron chi connectivity index (χ2n) is 6.63. The summed E-state index contributed by atoms with van der Waals surface area (Å²) in [7, 11) is 0.267. The number of hydrogen-bond donors (Lipinski definition) is 3. The summed E-state index contributed by atoms with van der Waals surface area (Å²) in [4.78, 5) is 0. The Hall–Kier alpha value is -1.94. The molecule has 1 atom stereocenters. The van der Waals surface area contributed by atoms with Gasteiger partial charge in [-0.25, -0.2) is 0 Å². The van der Waals surface area contributed by atoms with Gasteiger partial charge in [-0.15, -0.1) is 0 Å². The van der Waals surface area contributed by atoms with Crippen LogP contribution in [0, 0.1) is 0 Å². The molecule has 0 spiro atoms. The Morgan fingerprint density at radius 1 is 1.03 bits per heavy atom. The number of anilines is 1. The standard InChI is InChI=1S/C21H33N3O4Si/c1-25-29(26-2,21-11-4-3-5-12-21)28-20(17-24-14-13-22)10-7-15-27-19-9-6-8-18(23)16-19/h3-6,8-9,11-12,16,20,24H,7,10,13-15,17,22-23H2,1-2H3. The van der Waals surface area contributed by atoms with E-state index in [9.17, 15) is 0 Å². The minimum absolute atomic E-state index is 0.0993. The number of ether oxygens (including phenoxy) is 1. The van der Waals surface area contributed by atoms with Crippen molar-refractivity contribution in [2.24, 2.45) is 5.73 Å². The Morgan fingerprint density at radius 3 is 2.45 bits per heavy atom. The van der Waals surface area contributed by atoms with E-state index < -0.39 is 8.80 Å². The van der Waals surface area contributed by atoms with E-state index in [1.165, 1.54) is 0 Å². The molecular weight excluding hydrogens is 386 g/mol. The highest BCUT2D eigenvalue weighted by atomic mass is 28.4. The van der Waals surface area contributed by atoms with Gasteiger partial charge in [0.2, 0.25) is 0 Å². The van der Waals surface area contributed by atoms with Crippen LogP contribution in [0.25, 0.3) is 0 Å². The number of nitrogen functional groups attached to an aromatic ring is 1. The fraction of sp³-hybridized carbons (Fsp3) is 0.429. The van der Waals surface area contributed by atoms with Crippen LogP contribution in [0.15, 0.2) is 54.6 Å². The first-order valence-corrected chi connectivity index (χ1v) is 11.6. The highest BCUT2D eigenvalue weighted by Crippen LogP contribution is 2.17. The molecule has 29 heavy (non-hydrogen) atoms. The number of rotatable bonds is 14. The molecule has 0 saturated heterocycles. The summed E-state index contributed by atoms with van der Waals surface area (Å²) in [5.74, 6) is 0.769. The molecule has 0 heterocycles. The zero-order chi connectivity index (χ0) is 21.0. The van der Waals surface area contributed by atoms with Crippen molar-refractivity contribution >= 4 is 19.7 Å². The average Bonchev–Trinajstić information content (AvgIpc) is 2.75. The maximum atomic E-state index is 6.46. The van der Waals surface area contributed by atoms with Crippen LogP contribution in [0.1, 0.15) is 12.8 Å². The van der Waals surface area contributed by atoms with Gasteiger partial charge in [0.05, 0.1) is 12.7 Å². The molecule has 0 aliphatic rings. The SMILES string of the molecule is CO[Si](OC)(OC(CCCOc1cccc(N)c1)CNCCN)c1ccccc1. The van der Waals surface area contributed by atoms with E-state index in [4.69, 9.17) is 29.5 Å². The lowest BCUT2D eigenvalue weighted by Crippen LogP contribution is -2.58. The van der Waals surface area contributed by atoms with Crippen molar-refractivity contribution < 1.29 is 18.0 Å². The van der Waals surface area contributed by atoms with Crippen LogP contribution < -0.4 is 26.7 Å². The third-order valence-electron chi connectivity index (χ3n) is 4.48. The molecule has 0 bridgehead atoms. The van der Waals surface area contributed by atoms with E-state index in [0.717, 1.165) is 30.3 Å². The lowest BCUT2D eigenvalue weighted by atomic mass is 10.2. The number of hydrogen-bond acceptors (Lipinski definition) is 7. The largest absolute Gasteiger partial charge is 0.536 e. The van der Waals surface area contributed by atoms with Gasteiger partial charge in [0.15, 0.2) is 0 Å². The smallest absolute Gasteiger partial charge is 0.494 e. The summed E-state index contributed by atoms with van der Waals surface area (Å²) in [6.45, 7) is 2.52. The zero-order valence-electron chi connectivity index (χ0n) is 17.3. The van der Waals surface area contributed by atoms with E-state index in [1.54, 1.807) is 14.2 Å². The molecule has 0 aliphatic heterocycles. The van der Waals surface area contributed by atoms with Gasteiger partial charge in [-0.1, -0.05) is 36.4 Å². The maximum Gasteiger partial charge on any atom is 0.536 e. The molecule has 2 rings (SSSR count). The molecule has 2 aromatic carbocycles. The first-order chi connectivity index (χ1) is 14.1. The molecule has 8 heteroatoms. The summed E-state index contributed by atoms with van der Waals surface area (Å²) < 4.78 is 23.9. The van der Waals surface area contributed by atoms with Crippen LogP contribution in [-0.2, 0) is 13.3 Å². The fourth-order valence-electron chi connectivity index (χ4n) is 3.02. The lowest BCUT2D eigenvalue weighted by molar-refractivity contribution is 0.0604. The van der Waals surface area contributed by atoms with Crippen LogP contribution in [0.5, 0.6) is 5.75 Å². The molecule has 0 saturated carbocycles. The third kappa shape index (κ3) is 7.43. The molecule has 0 amide bonds. The molecule has 1 unspecified atom stereocenters. The molecule has 0 aliphatic carbocycles. The Kier molecular flexibility index (Phi) is 10.1. The molecule has 7 nitrogen and oxygen atoms in total. The van der Waals surface area contributed by atoms with E-state index in [0.29, 0.717) is 25.4 Å². The number of benzene rings is 2. The van der Waals surface area contributed by atoms with E-state index in [2.05, 4.69) is 5.32 Å². The van der Waals surface area contributed by atoms with Crippen molar-refractivity contribution in [2.45, 2.75) is 18.9 Å². The Morgan fingerprint density at radius 2 is 1.79 bits per heavy atom. The minimum atomic E-state index is -3.00. The predicted molar refractivity (Wildman–Crippen MR) is 118 cm³/mol. The summed E-state index contributed by atoms with van der Waals surface area (Å²) in [6.07, 6.45) is 1.50. The monoisotopic (exact) mass is 419 g/mol. The predicted octanol–water partition coefficient (Wildman–Crippen LogP) is 1.50. The van der Waals surface area contributed by atoms with E-state index in [1.807, 2.05) is 54.6 Å². The molecule has 2 aromatic rings. The second kappa shape index (κ2) is 12.6. The first kappa shape index (κ1) is 23.3. The van der Waals surface area contributed by atoms with Crippen molar-refractivity contribution in [1.82, 2.24) is 5.32 Å². The van der Waals surface area contributed by atoms with Gasteiger partial charge >= 0.3 is 8.80 Å². The maximum absolute atomic E-state index is 6.46. The van der Waals surface area contributed by atoms with Crippen LogP contribution >= 0.6 is 0 Å². The Labute approximate surface area is 174 Å². The van der Waals surface area contributed by atoms with Gasteiger partial charge in [0.25, 0.3) is 0 Å². The van der Waals surface area contributed by atoms with Gasteiger partial charge in [-0.05, 0) is 25.0 Å². The molecule has 160 valence electrons. The highest BCUT2D eigenvalue weighted by molar-refractivity contribution is 6.75. The molecule has 0 fully saturated rings. The first-order valence-electron chi connectivity index (χ1n) is 9.86. The van der Waals surface area contributed by atoms with Gasteiger partial charge in [-0.2, -0.15) is 0 Å².